The molecule has 0 saturated heterocycles. The minimum absolute atomic E-state index is 0. The van der Waals surface area contributed by atoms with Crippen LogP contribution in [0.5, 0.6) is 5.75 Å². The molecule has 1 N–H and O–H groups in total. The van der Waals surface area contributed by atoms with E-state index in [9.17, 15) is 0 Å². The first-order chi connectivity index (χ1) is 11.8. The van der Waals surface area contributed by atoms with Gasteiger partial charge in [-0.1, -0.05) is 72.8 Å². The second kappa shape index (κ2) is 9.87. The molecule has 0 spiro atoms. The maximum absolute atomic E-state index is 5.82. The van der Waals surface area contributed by atoms with Gasteiger partial charge in [0.25, 0.3) is 0 Å². The first-order valence-corrected chi connectivity index (χ1v) is 8.35. The van der Waals surface area contributed by atoms with Crippen molar-refractivity contribution in [3.63, 3.8) is 0 Å². The summed E-state index contributed by atoms with van der Waals surface area (Å²) in [6.07, 6.45) is 0. The van der Waals surface area contributed by atoms with E-state index in [4.69, 9.17) is 4.74 Å². The lowest BCUT2D eigenvalue weighted by atomic mass is 10.1. The Labute approximate surface area is 156 Å². The van der Waals surface area contributed by atoms with Gasteiger partial charge in [-0.05, 0) is 35.7 Å². The molecule has 0 radical (unpaired) electrons. The summed E-state index contributed by atoms with van der Waals surface area (Å²) >= 11 is 0. The molecule has 0 aliphatic heterocycles. The summed E-state index contributed by atoms with van der Waals surface area (Å²) in [5.74, 6) is 0.902. The first kappa shape index (κ1) is 19.0. The average Bonchev–Trinajstić information content (AvgIpc) is 2.67. The number of nitrogens with one attached hydrogen (secondary N) is 1. The highest BCUT2D eigenvalue weighted by Gasteiger charge is 2.04. The molecule has 0 aromatic heterocycles. The summed E-state index contributed by atoms with van der Waals surface area (Å²) in [5, 5.41) is 3.55. The Balaban J connectivity index is 0.00000225. The molecule has 0 bridgehead atoms. The van der Waals surface area contributed by atoms with Crippen LogP contribution in [-0.2, 0) is 13.2 Å². The van der Waals surface area contributed by atoms with Gasteiger partial charge in [-0.25, -0.2) is 0 Å². The van der Waals surface area contributed by atoms with E-state index in [2.05, 4.69) is 60.8 Å². The Hall–Kier alpha value is -2.29. The van der Waals surface area contributed by atoms with Gasteiger partial charge in [-0.15, -0.1) is 12.4 Å². The molecule has 0 heterocycles. The largest absolute Gasteiger partial charge is 0.489 e. The van der Waals surface area contributed by atoms with Crippen LogP contribution in [0.4, 0.5) is 0 Å². The smallest absolute Gasteiger partial charge is 0.119 e. The van der Waals surface area contributed by atoms with Crippen molar-refractivity contribution in [2.45, 2.75) is 26.1 Å². The molecule has 0 amide bonds. The van der Waals surface area contributed by atoms with Gasteiger partial charge in [0.15, 0.2) is 0 Å². The lowest BCUT2D eigenvalue weighted by Gasteiger charge is -2.14. The molecule has 1 unspecified atom stereocenters. The summed E-state index contributed by atoms with van der Waals surface area (Å²) in [5.41, 5.74) is 3.74. The SMILES string of the molecule is CC(NCc1ccc(OCc2ccccc2)cc1)c1ccccc1.Cl. The highest BCUT2D eigenvalue weighted by Crippen LogP contribution is 2.16. The third-order valence-electron chi connectivity index (χ3n) is 4.08. The van der Waals surface area contributed by atoms with Gasteiger partial charge in [0.1, 0.15) is 12.4 Å². The maximum atomic E-state index is 5.82. The van der Waals surface area contributed by atoms with E-state index in [0.29, 0.717) is 12.6 Å². The standard InChI is InChI=1S/C22H23NO.ClH/c1-18(21-10-6-3-7-11-21)23-16-19-12-14-22(15-13-19)24-17-20-8-4-2-5-9-20;/h2-15,18,23H,16-17H2,1H3;1H. The van der Waals surface area contributed by atoms with Crippen molar-refractivity contribution in [1.29, 1.82) is 0 Å². The van der Waals surface area contributed by atoms with Crippen LogP contribution in [0.1, 0.15) is 29.7 Å². The molecule has 3 heteroatoms. The van der Waals surface area contributed by atoms with Gasteiger partial charge in [0, 0.05) is 12.6 Å². The maximum Gasteiger partial charge on any atom is 0.119 e. The zero-order valence-corrected chi connectivity index (χ0v) is 15.2. The second-order valence-corrected chi connectivity index (χ2v) is 5.93. The zero-order chi connectivity index (χ0) is 16.6. The van der Waals surface area contributed by atoms with Gasteiger partial charge in [-0.3, -0.25) is 0 Å². The summed E-state index contributed by atoms with van der Waals surface area (Å²) in [7, 11) is 0. The van der Waals surface area contributed by atoms with E-state index >= 15 is 0 Å². The van der Waals surface area contributed by atoms with Crippen LogP contribution in [0.15, 0.2) is 84.9 Å². The van der Waals surface area contributed by atoms with Crippen LogP contribution in [0.25, 0.3) is 0 Å². The average molecular weight is 354 g/mol. The molecule has 3 aromatic rings. The molecule has 1 atom stereocenters. The fourth-order valence-corrected chi connectivity index (χ4v) is 2.57. The molecule has 130 valence electrons. The van der Waals surface area contributed by atoms with Crippen molar-refractivity contribution in [2.24, 2.45) is 0 Å². The van der Waals surface area contributed by atoms with E-state index in [1.165, 1.54) is 16.7 Å². The Morgan fingerprint density at radius 2 is 1.36 bits per heavy atom. The minimum atomic E-state index is 0. The quantitative estimate of drug-likeness (QED) is 0.602. The van der Waals surface area contributed by atoms with Crippen molar-refractivity contribution in [2.75, 3.05) is 0 Å². The van der Waals surface area contributed by atoms with E-state index < -0.39 is 0 Å². The third kappa shape index (κ3) is 5.93. The van der Waals surface area contributed by atoms with Crippen molar-refractivity contribution in [3.05, 3.63) is 102 Å². The van der Waals surface area contributed by atoms with Gasteiger partial charge in [-0.2, -0.15) is 0 Å². The monoisotopic (exact) mass is 353 g/mol. The summed E-state index contributed by atoms with van der Waals surface area (Å²) in [6.45, 7) is 3.63. The molecule has 3 rings (SSSR count). The second-order valence-electron chi connectivity index (χ2n) is 5.93. The van der Waals surface area contributed by atoms with Gasteiger partial charge in [0.05, 0.1) is 0 Å². The minimum Gasteiger partial charge on any atom is -0.489 e. The van der Waals surface area contributed by atoms with Crippen molar-refractivity contribution >= 4 is 12.4 Å². The molecule has 2 nitrogen and oxygen atoms in total. The van der Waals surface area contributed by atoms with Crippen molar-refractivity contribution < 1.29 is 4.74 Å². The lowest BCUT2D eigenvalue weighted by Crippen LogP contribution is -2.17. The molecule has 0 aliphatic rings. The van der Waals surface area contributed by atoms with E-state index in [-0.39, 0.29) is 12.4 Å². The third-order valence-corrected chi connectivity index (χ3v) is 4.08. The van der Waals surface area contributed by atoms with Crippen LogP contribution in [-0.4, -0.2) is 0 Å². The number of halogens is 1. The Kier molecular flexibility index (Phi) is 7.52. The van der Waals surface area contributed by atoms with E-state index in [1.807, 2.05) is 36.4 Å². The number of ether oxygens (including phenoxy) is 1. The lowest BCUT2D eigenvalue weighted by molar-refractivity contribution is 0.306. The number of rotatable bonds is 7. The molecule has 3 aromatic carbocycles. The fourth-order valence-electron chi connectivity index (χ4n) is 2.57. The highest BCUT2D eigenvalue weighted by molar-refractivity contribution is 5.85. The van der Waals surface area contributed by atoms with Crippen LogP contribution >= 0.6 is 12.4 Å². The molecule has 0 aliphatic carbocycles. The topological polar surface area (TPSA) is 21.3 Å². The van der Waals surface area contributed by atoms with Crippen LogP contribution < -0.4 is 10.1 Å². The number of hydrogen-bond acceptors (Lipinski definition) is 2. The predicted molar refractivity (Wildman–Crippen MR) is 106 cm³/mol. The van der Waals surface area contributed by atoms with Crippen molar-refractivity contribution in [3.8, 4) is 5.75 Å². The first-order valence-electron chi connectivity index (χ1n) is 8.35. The van der Waals surface area contributed by atoms with E-state index in [0.717, 1.165) is 12.3 Å². The van der Waals surface area contributed by atoms with Gasteiger partial charge in [0.2, 0.25) is 0 Å². The Morgan fingerprint density at radius 1 is 0.760 bits per heavy atom. The Bertz CT molecular complexity index is 729. The van der Waals surface area contributed by atoms with Gasteiger partial charge >= 0.3 is 0 Å². The van der Waals surface area contributed by atoms with Crippen LogP contribution in [0.3, 0.4) is 0 Å². The fraction of sp³-hybridized carbons (Fsp3) is 0.182. The number of benzene rings is 3. The van der Waals surface area contributed by atoms with Gasteiger partial charge < -0.3 is 10.1 Å². The Morgan fingerprint density at radius 3 is 2.00 bits per heavy atom. The zero-order valence-electron chi connectivity index (χ0n) is 14.4. The molecular formula is C22H24ClNO. The van der Waals surface area contributed by atoms with Crippen molar-refractivity contribution in [1.82, 2.24) is 5.32 Å². The molecule has 0 fully saturated rings. The van der Waals surface area contributed by atoms with Crippen LogP contribution in [0.2, 0.25) is 0 Å². The molecular weight excluding hydrogens is 330 g/mol. The summed E-state index contributed by atoms with van der Waals surface area (Å²) in [4.78, 5) is 0. The summed E-state index contributed by atoms with van der Waals surface area (Å²) in [6, 6.07) is 29.4. The highest BCUT2D eigenvalue weighted by atomic mass is 35.5. The normalized spacial score (nSPS) is 11.4. The summed E-state index contributed by atoms with van der Waals surface area (Å²) < 4.78 is 5.82. The van der Waals surface area contributed by atoms with Crippen LogP contribution in [0, 0.1) is 0 Å². The predicted octanol–water partition coefficient (Wildman–Crippen LogP) is 5.54. The molecule has 0 saturated carbocycles. The number of hydrogen-bond donors (Lipinski definition) is 1. The molecule has 25 heavy (non-hydrogen) atoms. The van der Waals surface area contributed by atoms with E-state index in [1.54, 1.807) is 0 Å².